The van der Waals surface area contributed by atoms with Gasteiger partial charge in [-0.25, -0.2) is 8.78 Å². The minimum atomic E-state index is -2.61. The van der Waals surface area contributed by atoms with Crippen LogP contribution < -0.4 is 5.32 Å². The molecule has 8 heteroatoms. The van der Waals surface area contributed by atoms with E-state index in [1.165, 1.54) is 10.7 Å². The van der Waals surface area contributed by atoms with Crippen molar-refractivity contribution in [2.45, 2.75) is 26.3 Å². The van der Waals surface area contributed by atoms with Gasteiger partial charge < -0.3 is 10.1 Å². The third-order valence-corrected chi connectivity index (χ3v) is 3.59. The molecule has 1 fully saturated rings. The highest BCUT2D eigenvalue weighted by Gasteiger charge is 2.15. The second-order valence-electron chi connectivity index (χ2n) is 5.33. The molecule has 0 bridgehead atoms. The van der Waals surface area contributed by atoms with Gasteiger partial charge in [-0.15, -0.1) is 0 Å². The average molecular weight is 316 g/mol. The first-order valence-electron chi connectivity index (χ1n) is 7.45. The molecule has 1 aromatic rings. The summed E-state index contributed by atoms with van der Waals surface area (Å²) < 4.78 is 31.6. The highest BCUT2D eigenvalue weighted by atomic mass is 19.3. The van der Waals surface area contributed by atoms with Gasteiger partial charge in [0.25, 0.3) is 6.43 Å². The zero-order valence-electron chi connectivity index (χ0n) is 12.7. The van der Waals surface area contributed by atoms with Crippen molar-refractivity contribution in [2.24, 2.45) is 0 Å². The number of aromatic nitrogens is 2. The van der Waals surface area contributed by atoms with Crippen LogP contribution in [0.4, 0.5) is 8.78 Å². The topological polar surface area (TPSA) is 59.4 Å². The number of hydrogen-bond acceptors (Lipinski definition) is 4. The number of amides is 1. The molecule has 1 aliphatic heterocycles. The van der Waals surface area contributed by atoms with E-state index in [4.69, 9.17) is 4.74 Å². The summed E-state index contributed by atoms with van der Waals surface area (Å²) in [5.41, 5.74) is 0.261. The quantitative estimate of drug-likeness (QED) is 0.762. The van der Waals surface area contributed by atoms with E-state index in [0.29, 0.717) is 12.2 Å². The highest BCUT2D eigenvalue weighted by Crippen LogP contribution is 2.17. The Hall–Kier alpha value is -1.54. The minimum absolute atomic E-state index is 0.0316. The van der Waals surface area contributed by atoms with Crippen LogP contribution >= 0.6 is 0 Å². The molecule has 124 valence electrons. The maximum atomic E-state index is 12.5. The van der Waals surface area contributed by atoms with E-state index in [0.717, 1.165) is 39.3 Å². The first-order chi connectivity index (χ1) is 10.6. The number of alkyl halides is 2. The van der Waals surface area contributed by atoms with Crippen LogP contribution in [0.3, 0.4) is 0 Å². The van der Waals surface area contributed by atoms with Crippen molar-refractivity contribution in [1.82, 2.24) is 20.0 Å². The van der Waals surface area contributed by atoms with Gasteiger partial charge in [0, 0.05) is 25.3 Å². The molecule has 0 atom stereocenters. The number of carbonyl (C=O) groups excluding carboxylic acids is 1. The van der Waals surface area contributed by atoms with Gasteiger partial charge in [-0.05, 0) is 26.0 Å². The van der Waals surface area contributed by atoms with Crippen LogP contribution in [-0.4, -0.2) is 60.0 Å². The van der Waals surface area contributed by atoms with Gasteiger partial charge in [0.15, 0.2) is 0 Å². The van der Waals surface area contributed by atoms with Crippen LogP contribution in [0.2, 0.25) is 0 Å². The summed E-state index contributed by atoms with van der Waals surface area (Å²) in [5.74, 6) is -0.214. The Balaban J connectivity index is 1.67. The number of halogens is 2. The van der Waals surface area contributed by atoms with Crippen molar-refractivity contribution in [3.63, 3.8) is 0 Å². The lowest BCUT2D eigenvalue weighted by Gasteiger charge is -2.26. The predicted octanol–water partition coefficient (Wildman–Crippen LogP) is 0.968. The lowest BCUT2D eigenvalue weighted by Crippen LogP contribution is -2.38. The molecule has 1 saturated heterocycles. The van der Waals surface area contributed by atoms with Crippen molar-refractivity contribution >= 4 is 5.91 Å². The summed E-state index contributed by atoms with van der Waals surface area (Å²) in [4.78, 5) is 14.1. The van der Waals surface area contributed by atoms with Crippen LogP contribution in [0.5, 0.6) is 0 Å². The van der Waals surface area contributed by atoms with Crippen molar-refractivity contribution in [3.8, 4) is 0 Å². The van der Waals surface area contributed by atoms with Gasteiger partial charge in [-0.3, -0.25) is 14.4 Å². The van der Waals surface area contributed by atoms with Gasteiger partial charge in [-0.2, -0.15) is 5.10 Å². The fraction of sp³-hybridized carbons (Fsp3) is 0.714. The molecule has 1 N–H and O–H groups in total. The molecule has 0 radical (unpaired) electrons. The van der Waals surface area contributed by atoms with Gasteiger partial charge in [0.2, 0.25) is 5.91 Å². The second kappa shape index (κ2) is 8.19. The number of nitrogens with one attached hydrogen (secondary N) is 1. The van der Waals surface area contributed by atoms with E-state index < -0.39 is 6.43 Å². The Bertz CT molecular complexity index is 487. The zero-order chi connectivity index (χ0) is 15.9. The van der Waals surface area contributed by atoms with Crippen molar-refractivity contribution in [2.75, 3.05) is 39.4 Å². The molecule has 1 aromatic heterocycles. The van der Waals surface area contributed by atoms with Crippen LogP contribution in [0.25, 0.3) is 0 Å². The first kappa shape index (κ1) is 16.8. The normalized spacial score (nSPS) is 16.2. The van der Waals surface area contributed by atoms with E-state index in [2.05, 4.69) is 15.3 Å². The van der Waals surface area contributed by atoms with E-state index in [1.807, 2.05) is 0 Å². The Morgan fingerprint density at radius 3 is 2.82 bits per heavy atom. The Labute approximate surface area is 128 Å². The van der Waals surface area contributed by atoms with Gasteiger partial charge in [-0.1, -0.05) is 0 Å². The third kappa shape index (κ3) is 5.03. The maximum Gasteiger partial charge on any atom is 0.282 e. The number of nitrogens with zero attached hydrogens (tertiary/aromatic N) is 3. The number of rotatable bonds is 7. The van der Waals surface area contributed by atoms with Crippen LogP contribution in [0, 0.1) is 6.92 Å². The number of morpholine rings is 1. The first-order valence-corrected chi connectivity index (χ1v) is 7.45. The number of ether oxygens (including phenoxy) is 1. The Morgan fingerprint density at radius 1 is 1.45 bits per heavy atom. The monoisotopic (exact) mass is 316 g/mol. The van der Waals surface area contributed by atoms with Crippen molar-refractivity contribution < 1.29 is 18.3 Å². The fourth-order valence-electron chi connectivity index (χ4n) is 2.35. The van der Waals surface area contributed by atoms with Crippen LogP contribution in [-0.2, 0) is 16.1 Å². The highest BCUT2D eigenvalue weighted by molar-refractivity contribution is 5.75. The maximum absolute atomic E-state index is 12.5. The smallest absolute Gasteiger partial charge is 0.282 e. The number of aryl methyl sites for hydroxylation is 1. The minimum Gasteiger partial charge on any atom is -0.379 e. The van der Waals surface area contributed by atoms with E-state index in [-0.39, 0.29) is 18.1 Å². The summed E-state index contributed by atoms with van der Waals surface area (Å²) in [6.07, 6.45) is -1.76. The van der Waals surface area contributed by atoms with Gasteiger partial charge in [0.1, 0.15) is 12.2 Å². The van der Waals surface area contributed by atoms with E-state index in [9.17, 15) is 13.6 Å². The summed E-state index contributed by atoms with van der Waals surface area (Å²) in [6.45, 7) is 6.49. The fourth-order valence-corrected chi connectivity index (χ4v) is 2.35. The molecule has 22 heavy (non-hydrogen) atoms. The standard InChI is InChI=1S/C14H22F2N4O2/c1-11-9-12(14(15)16)18-20(11)10-13(21)17-3-2-4-19-5-7-22-8-6-19/h9,14H,2-8,10H2,1H3,(H,17,21). The average Bonchev–Trinajstić information content (AvgIpc) is 2.86. The van der Waals surface area contributed by atoms with Crippen molar-refractivity contribution in [1.29, 1.82) is 0 Å². The molecule has 0 aliphatic carbocycles. The Morgan fingerprint density at radius 2 is 2.18 bits per heavy atom. The molecule has 0 spiro atoms. The third-order valence-electron chi connectivity index (χ3n) is 3.59. The van der Waals surface area contributed by atoms with E-state index in [1.54, 1.807) is 6.92 Å². The lowest BCUT2D eigenvalue weighted by atomic mass is 10.3. The molecule has 1 amide bonds. The van der Waals surface area contributed by atoms with Crippen LogP contribution in [0.1, 0.15) is 24.2 Å². The molecular formula is C14H22F2N4O2. The summed E-state index contributed by atoms with van der Waals surface area (Å²) in [5, 5.41) is 6.53. The predicted molar refractivity (Wildman–Crippen MR) is 76.8 cm³/mol. The summed E-state index contributed by atoms with van der Waals surface area (Å²) in [7, 11) is 0. The second-order valence-corrected chi connectivity index (χ2v) is 5.33. The molecule has 0 aromatic carbocycles. The largest absolute Gasteiger partial charge is 0.379 e. The number of carbonyl (C=O) groups is 1. The van der Waals surface area contributed by atoms with Gasteiger partial charge in [0.05, 0.1) is 13.2 Å². The lowest BCUT2D eigenvalue weighted by molar-refractivity contribution is -0.121. The zero-order valence-corrected chi connectivity index (χ0v) is 12.7. The molecule has 2 heterocycles. The summed E-state index contributed by atoms with van der Waals surface area (Å²) in [6, 6.07) is 1.30. The summed E-state index contributed by atoms with van der Waals surface area (Å²) >= 11 is 0. The van der Waals surface area contributed by atoms with Crippen LogP contribution in [0.15, 0.2) is 6.07 Å². The SMILES string of the molecule is Cc1cc(C(F)F)nn1CC(=O)NCCCN1CCOCC1. The van der Waals surface area contributed by atoms with Crippen molar-refractivity contribution in [3.05, 3.63) is 17.5 Å². The molecule has 0 unspecified atom stereocenters. The molecule has 2 rings (SSSR count). The van der Waals surface area contributed by atoms with E-state index >= 15 is 0 Å². The molecule has 6 nitrogen and oxygen atoms in total. The number of hydrogen-bond donors (Lipinski definition) is 1. The molecular weight excluding hydrogens is 294 g/mol. The molecule has 1 aliphatic rings. The molecule has 0 saturated carbocycles. The Kier molecular flexibility index (Phi) is 6.26. The van der Waals surface area contributed by atoms with Gasteiger partial charge >= 0.3 is 0 Å².